The summed E-state index contributed by atoms with van der Waals surface area (Å²) in [5, 5.41) is 0.954. The lowest BCUT2D eigenvalue weighted by molar-refractivity contribution is 0.0663. The van der Waals surface area contributed by atoms with E-state index in [2.05, 4.69) is 4.98 Å². The number of rotatable bonds is 4. The average molecular weight is 378 g/mol. The second-order valence-electron chi connectivity index (χ2n) is 7.59. The number of H-pyrrole nitrogens is 1. The van der Waals surface area contributed by atoms with Crippen LogP contribution in [0.15, 0.2) is 53.3 Å². The Morgan fingerprint density at radius 1 is 1.11 bits per heavy atom. The first-order valence-corrected chi connectivity index (χ1v) is 9.70. The van der Waals surface area contributed by atoms with Crippen LogP contribution < -0.4 is 5.56 Å². The standard InChI is InChI=1S/C23H23FN2O2/c1-15-6-11-21-17(12-15)13-18(22(27)25-21)14-26(20-4-2-3-5-20)23(28)16-7-9-19(24)10-8-16/h6-13,20H,2-5,14H2,1H3,(H,25,27). The van der Waals surface area contributed by atoms with E-state index in [0.29, 0.717) is 11.1 Å². The summed E-state index contributed by atoms with van der Waals surface area (Å²) < 4.78 is 13.3. The van der Waals surface area contributed by atoms with Gasteiger partial charge in [0.05, 0.1) is 6.54 Å². The van der Waals surface area contributed by atoms with Crippen LogP contribution in [0.4, 0.5) is 4.39 Å². The van der Waals surface area contributed by atoms with Crippen molar-refractivity contribution in [2.24, 2.45) is 0 Å². The SMILES string of the molecule is Cc1ccc2[nH]c(=O)c(CN(C(=O)c3ccc(F)cc3)C3CCCC3)cc2c1. The minimum Gasteiger partial charge on any atom is -0.331 e. The zero-order valence-corrected chi connectivity index (χ0v) is 15.9. The minimum atomic E-state index is -0.370. The highest BCUT2D eigenvalue weighted by molar-refractivity contribution is 5.94. The number of hydrogen-bond donors (Lipinski definition) is 1. The van der Waals surface area contributed by atoms with E-state index in [4.69, 9.17) is 0 Å². The van der Waals surface area contributed by atoms with Gasteiger partial charge in [0, 0.05) is 22.7 Å². The van der Waals surface area contributed by atoms with E-state index in [1.807, 2.05) is 31.2 Å². The average Bonchev–Trinajstić information content (AvgIpc) is 3.21. The normalized spacial score (nSPS) is 14.5. The van der Waals surface area contributed by atoms with Gasteiger partial charge >= 0.3 is 0 Å². The number of amides is 1. The van der Waals surface area contributed by atoms with Gasteiger partial charge in [-0.3, -0.25) is 9.59 Å². The van der Waals surface area contributed by atoms with Gasteiger partial charge in [-0.2, -0.15) is 0 Å². The summed E-state index contributed by atoms with van der Waals surface area (Å²) in [4.78, 5) is 30.5. The molecule has 0 spiro atoms. The molecule has 1 fully saturated rings. The van der Waals surface area contributed by atoms with E-state index in [1.54, 1.807) is 4.90 Å². The fourth-order valence-corrected chi connectivity index (χ4v) is 4.01. The predicted octanol–water partition coefficient (Wildman–Crippen LogP) is 4.56. The molecular formula is C23H23FN2O2. The van der Waals surface area contributed by atoms with Gasteiger partial charge in [-0.15, -0.1) is 0 Å². The number of aryl methyl sites for hydroxylation is 1. The van der Waals surface area contributed by atoms with Crippen molar-refractivity contribution in [2.75, 3.05) is 0 Å². The molecule has 1 aliphatic carbocycles. The first-order chi connectivity index (χ1) is 13.5. The lowest BCUT2D eigenvalue weighted by Gasteiger charge is -2.29. The van der Waals surface area contributed by atoms with E-state index < -0.39 is 0 Å². The van der Waals surface area contributed by atoms with Crippen molar-refractivity contribution < 1.29 is 9.18 Å². The summed E-state index contributed by atoms with van der Waals surface area (Å²) in [6.07, 6.45) is 4.01. The fourth-order valence-electron chi connectivity index (χ4n) is 4.01. The molecule has 3 aromatic rings. The fraction of sp³-hybridized carbons (Fsp3) is 0.304. The molecule has 4 nitrogen and oxygen atoms in total. The Balaban J connectivity index is 1.70. The third-order valence-electron chi connectivity index (χ3n) is 5.53. The number of aromatic nitrogens is 1. The molecule has 1 N–H and O–H groups in total. The second kappa shape index (κ2) is 7.58. The molecule has 0 saturated heterocycles. The molecule has 28 heavy (non-hydrogen) atoms. The van der Waals surface area contributed by atoms with Crippen LogP contribution in [-0.4, -0.2) is 21.8 Å². The number of carbonyl (C=O) groups is 1. The molecule has 0 radical (unpaired) electrons. The second-order valence-corrected chi connectivity index (χ2v) is 7.59. The number of benzene rings is 2. The molecule has 1 aromatic heterocycles. The molecule has 1 amide bonds. The summed E-state index contributed by atoms with van der Waals surface area (Å²) in [6, 6.07) is 13.5. The van der Waals surface area contributed by atoms with Crippen LogP contribution in [0.5, 0.6) is 0 Å². The van der Waals surface area contributed by atoms with Gasteiger partial charge in [0.25, 0.3) is 11.5 Å². The summed E-state index contributed by atoms with van der Waals surface area (Å²) in [5.41, 5.74) is 2.74. The Kier molecular flexibility index (Phi) is 4.99. The molecule has 2 aromatic carbocycles. The van der Waals surface area contributed by atoms with Crippen LogP contribution in [0.25, 0.3) is 10.9 Å². The zero-order chi connectivity index (χ0) is 19.7. The van der Waals surface area contributed by atoms with Gasteiger partial charge in [-0.1, -0.05) is 24.5 Å². The van der Waals surface area contributed by atoms with Crippen molar-refractivity contribution in [1.82, 2.24) is 9.88 Å². The summed E-state index contributed by atoms with van der Waals surface area (Å²) in [7, 11) is 0. The van der Waals surface area contributed by atoms with E-state index in [9.17, 15) is 14.0 Å². The Bertz CT molecular complexity index is 1070. The van der Waals surface area contributed by atoms with Gasteiger partial charge < -0.3 is 9.88 Å². The van der Waals surface area contributed by atoms with Crippen LogP contribution >= 0.6 is 0 Å². The topological polar surface area (TPSA) is 53.2 Å². The number of hydrogen-bond acceptors (Lipinski definition) is 2. The number of nitrogens with one attached hydrogen (secondary N) is 1. The Labute approximate surface area is 163 Å². The van der Waals surface area contributed by atoms with Crippen molar-refractivity contribution >= 4 is 16.8 Å². The number of fused-ring (bicyclic) bond motifs is 1. The van der Waals surface area contributed by atoms with E-state index >= 15 is 0 Å². The van der Waals surface area contributed by atoms with Gasteiger partial charge in [-0.25, -0.2) is 4.39 Å². The molecule has 0 unspecified atom stereocenters. The van der Waals surface area contributed by atoms with Crippen LogP contribution in [0, 0.1) is 12.7 Å². The highest BCUT2D eigenvalue weighted by Gasteiger charge is 2.28. The maximum absolute atomic E-state index is 13.3. The van der Waals surface area contributed by atoms with Crippen molar-refractivity contribution in [3.63, 3.8) is 0 Å². The largest absolute Gasteiger partial charge is 0.331 e. The minimum absolute atomic E-state index is 0.102. The number of nitrogens with zero attached hydrogens (tertiary/aromatic N) is 1. The molecule has 1 saturated carbocycles. The molecule has 0 atom stereocenters. The Morgan fingerprint density at radius 2 is 1.82 bits per heavy atom. The summed E-state index contributed by atoms with van der Waals surface area (Å²) >= 11 is 0. The molecule has 1 aliphatic rings. The molecule has 144 valence electrons. The van der Waals surface area contributed by atoms with Gasteiger partial charge in [0.2, 0.25) is 0 Å². The molecule has 0 bridgehead atoms. The highest BCUT2D eigenvalue weighted by atomic mass is 19.1. The molecular weight excluding hydrogens is 355 g/mol. The van der Waals surface area contributed by atoms with Crippen LogP contribution in [0.2, 0.25) is 0 Å². The number of aromatic amines is 1. The van der Waals surface area contributed by atoms with Crippen LogP contribution in [0.3, 0.4) is 0 Å². The number of halogens is 1. The van der Waals surface area contributed by atoms with E-state index in [1.165, 1.54) is 24.3 Å². The van der Waals surface area contributed by atoms with Crippen molar-refractivity contribution in [1.29, 1.82) is 0 Å². The zero-order valence-electron chi connectivity index (χ0n) is 15.9. The first kappa shape index (κ1) is 18.4. The maximum Gasteiger partial charge on any atom is 0.254 e. The van der Waals surface area contributed by atoms with Gasteiger partial charge in [-0.05, 0) is 67.6 Å². The highest BCUT2D eigenvalue weighted by Crippen LogP contribution is 2.26. The molecule has 0 aliphatic heterocycles. The monoisotopic (exact) mass is 378 g/mol. The van der Waals surface area contributed by atoms with Crippen LogP contribution in [0.1, 0.15) is 47.2 Å². The van der Waals surface area contributed by atoms with E-state index in [0.717, 1.165) is 42.1 Å². The van der Waals surface area contributed by atoms with Crippen molar-refractivity contribution in [3.05, 3.63) is 81.4 Å². The lowest BCUT2D eigenvalue weighted by atomic mass is 10.1. The third kappa shape index (κ3) is 3.70. The van der Waals surface area contributed by atoms with Gasteiger partial charge in [0.1, 0.15) is 5.82 Å². The third-order valence-corrected chi connectivity index (χ3v) is 5.53. The molecule has 1 heterocycles. The number of pyridine rings is 1. The van der Waals surface area contributed by atoms with Gasteiger partial charge in [0.15, 0.2) is 0 Å². The van der Waals surface area contributed by atoms with E-state index in [-0.39, 0.29) is 29.9 Å². The number of carbonyl (C=O) groups excluding carboxylic acids is 1. The molecule has 4 rings (SSSR count). The smallest absolute Gasteiger partial charge is 0.254 e. The molecule has 5 heteroatoms. The lowest BCUT2D eigenvalue weighted by Crippen LogP contribution is -2.39. The maximum atomic E-state index is 13.3. The first-order valence-electron chi connectivity index (χ1n) is 9.70. The summed E-state index contributed by atoms with van der Waals surface area (Å²) in [5.74, 6) is -0.527. The summed E-state index contributed by atoms with van der Waals surface area (Å²) in [6.45, 7) is 2.26. The predicted molar refractivity (Wildman–Crippen MR) is 108 cm³/mol. The van der Waals surface area contributed by atoms with Crippen molar-refractivity contribution in [3.8, 4) is 0 Å². The Morgan fingerprint density at radius 3 is 2.54 bits per heavy atom. The van der Waals surface area contributed by atoms with Crippen molar-refractivity contribution in [2.45, 2.75) is 45.2 Å². The Hall–Kier alpha value is -2.95. The quantitative estimate of drug-likeness (QED) is 0.724. The van der Waals surface area contributed by atoms with Crippen LogP contribution in [-0.2, 0) is 6.54 Å².